The fourth-order valence-corrected chi connectivity index (χ4v) is 7.37. The van der Waals surface area contributed by atoms with E-state index in [2.05, 4.69) is 143 Å². The van der Waals surface area contributed by atoms with Crippen LogP contribution in [0.5, 0.6) is 0 Å². The lowest BCUT2D eigenvalue weighted by Gasteiger charge is -2.18. The van der Waals surface area contributed by atoms with Crippen molar-refractivity contribution in [2.45, 2.75) is 0 Å². The van der Waals surface area contributed by atoms with E-state index in [1.54, 1.807) is 0 Å². The minimum atomic E-state index is 0.608. The van der Waals surface area contributed by atoms with Gasteiger partial charge in [0, 0.05) is 32.8 Å². The predicted octanol–water partition coefficient (Wildman–Crippen LogP) is 11.0. The van der Waals surface area contributed by atoms with Crippen LogP contribution in [0, 0.1) is 22.7 Å². The second kappa shape index (κ2) is 10.9. The van der Waals surface area contributed by atoms with Crippen LogP contribution in [-0.2, 0) is 0 Å². The van der Waals surface area contributed by atoms with Crippen molar-refractivity contribution in [3.05, 3.63) is 169 Å². The standard InChI is InChI=1S/C44H26N4/c45-27-29-23-24-42(48-39-19-6-3-16-35(39)36-17-4-7-20-40(36)48)38(25-29)34-15-2-1-14-33(34)30-11-9-13-32(26-30)47-41-21-8-5-18-37(41)44-31(28-46)12-10-22-43(44)47/h1-26H. The number of nitrogens with zero attached hydrogens (tertiary/aromatic N) is 4. The summed E-state index contributed by atoms with van der Waals surface area (Å²) in [6.45, 7) is 0. The van der Waals surface area contributed by atoms with E-state index in [4.69, 9.17) is 0 Å². The molecule has 0 radical (unpaired) electrons. The van der Waals surface area contributed by atoms with Gasteiger partial charge in [0.2, 0.25) is 0 Å². The minimum Gasteiger partial charge on any atom is -0.309 e. The Bertz CT molecular complexity index is 2760. The molecule has 0 fully saturated rings. The van der Waals surface area contributed by atoms with Gasteiger partial charge in [-0.2, -0.15) is 10.5 Å². The number of benzene rings is 7. The zero-order chi connectivity index (χ0) is 32.2. The second-order valence-electron chi connectivity index (χ2n) is 12.0. The van der Waals surface area contributed by atoms with Gasteiger partial charge in [0.1, 0.15) is 0 Å². The first kappa shape index (κ1) is 27.4. The van der Waals surface area contributed by atoms with Gasteiger partial charge in [-0.25, -0.2) is 0 Å². The maximum atomic E-state index is 10.0. The number of hydrogen-bond acceptors (Lipinski definition) is 2. The average Bonchev–Trinajstić information content (AvgIpc) is 3.68. The van der Waals surface area contributed by atoms with Crippen LogP contribution in [0.1, 0.15) is 11.1 Å². The highest BCUT2D eigenvalue weighted by Gasteiger charge is 2.19. The van der Waals surface area contributed by atoms with Gasteiger partial charge in [-0.3, -0.25) is 0 Å². The summed E-state index contributed by atoms with van der Waals surface area (Å²) in [4.78, 5) is 0. The fraction of sp³-hybridized carbons (Fsp3) is 0. The lowest BCUT2D eigenvalue weighted by molar-refractivity contribution is 1.18. The molecule has 222 valence electrons. The predicted molar refractivity (Wildman–Crippen MR) is 195 cm³/mol. The van der Waals surface area contributed by atoms with E-state index in [0.29, 0.717) is 11.1 Å². The molecular weight excluding hydrogens is 585 g/mol. The molecule has 9 aromatic rings. The molecule has 4 nitrogen and oxygen atoms in total. The molecule has 0 bridgehead atoms. The zero-order valence-corrected chi connectivity index (χ0v) is 25.8. The molecule has 7 aromatic carbocycles. The average molecular weight is 611 g/mol. The van der Waals surface area contributed by atoms with Crippen molar-refractivity contribution in [2.24, 2.45) is 0 Å². The van der Waals surface area contributed by atoms with E-state index in [-0.39, 0.29) is 0 Å². The molecule has 48 heavy (non-hydrogen) atoms. The first-order valence-electron chi connectivity index (χ1n) is 15.9. The number of rotatable bonds is 4. The van der Waals surface area contributed by atoms with E-state index < -0.39 is 0 Å². The van der Waals surface area contributed by atoms with Gasteiger partial charge < -0.3 is 9.13 Å². The molecule has 9 rings (SSSR count). The number of hydrogen-bond donors (Lipinski definition) is 0. The topological polar surface area (TPSA) is 57.4 Å². The monoisotopic (exact) mass is 610 g/mol. The second-order valence-corrected chi connectivity index (χ2v) is 12.0. The van der Waals surface area contributed by atoms with Gasteiger partial charge in [-0.1, -0.05) is 97.1 Å². The van der Waals surface area contributed by atoms with Crippen molar-refractivity contribution in [1.82, 2.24) is 9.13 Å². The van der Waals surface area contributed by atoms with E-state index >= 15 is 0 Å². The van der Waals surface area contributed by atoms with Crippen molar-refractivity contribution in [1.29, 1.82) is 10.5 Å². The molecule has 4 heteroatoms. The Hall–Kier alpha value is -6.88. The quantitative estimate of drug-likeness (QED) is 0.199. The third kappa shape index (κ3) is 4.07. The van der Waals surface area contributed by atoms with Gasteiger partial charge >= 0.3 is 0 Å². The van der Waals surface area contributed by atoms with Crippen LogP contribution >= 0.6 is 0 Å². The minimum absolute atomic E-state index is 0.608. The lowest BCUT2D eigenvalue weighted by Crippen LogP contribution is -1.99. The summed E-state index contributed by atoms with van der Waals surface area (Å²) in [5.74, 6) is 0. The Morgan fingerprint density at radius 3 is 1.73 bits per heavy atom. The highest BCUT2D eigenvalue weighted by Crippen LogP contribution is 2.41. The third-order valence-electron chi connectivity index (χ3n) is 9.40. The van der Waals surface area contributed by atoms with Gasteiger partial charge in [-0.05, 0) is 77.4 Å². The van der Waals surface area contributed by atoms with E-state index in [9.17, 15) is 10.5 Å². The summed E-state index contributed by atoms with van der Waals surface area (Å²) in [6.07, 6.45) is 0. The van der Waals surface area contributed by atoms with E-state index in [1.807, 2.05) is 36.4 Å². The van der Waals surface area contributed by atoms with Crippen molar-refractivity contribution in [2.75, 3.05) is 0 Å². The molecule has 0 aliphatic rings. The van der Waals surface area contributed by atoms with Crippen LogP contribution in [-0.4, -0.2) is 9.13 Å². The molecule has 0 atom stereocenters. The molecule has 2 aromatic heterocycles. The summed E-state index contributed by atoms with van der Waals surface area (Å²) in [5.41, 5.74) is 11.7. The Labute approximate surface area is 277 Å². The molecule has 0 aliphatic heterocycles. The number of aromatic nitrogens is 2. The van der Waals surface area contributed by atoms with Crippen LogP contribution in [0.4, 0.5) is 0 Å². The number of para-hydroxylation sites is 3. The van der Waals surface area contributed by atoms with E-state index in [1.165, 1.54) is 10.8 Å². The summed E-state index contributed by atoms with van der Waals surface area (Å²) in [7, 11) is 0. The fourth-order valence-electron chi connectivity index (χ4n) is 7.37. The molecule has 0 spiro atoms. The van der Waals surface area contributed by atoms with Gasteiger partial charge in [0.05, 0.1) is 51.0 Å². The van der Waals surface area contributed by atoms with Gasteiger partial charge in [-0.15, -0.1) is 0 Å². The first-order chi connectivity index (χ1) is 23.7. The van der Waals surface area contributed by atoms with Crippen molar-refractivity contribution < 1.29 is 0 Å². The zero-order valence-electron chi connectivity index (χ0n) is 25.8. The SMILES string of the molecule is N#Cc1ccc(-n2c3ccccc3c3ccccc32)c(-c2ccccc2-c2cccc(-n3c4ccccc4c4c(C#N)cccc43)c2)c1. The van der Waals surface area contributed by atoms with Gasteiger partial charge in [0.25, 0.3) is 0 Å². The Kier molecular flexibility index (Phi) is 6.22. The maximum Gasteiger partial charge on any atom is 0.0998 e. The number of nitriles is 2. The molecule has 0 N–H and O–H groups in total. The third-order valence-corrected chi connectivity index (χ3v) is 9.40. The highest BCUT2D eigenvalue weighted by atomic mass is 15.0. The van der Waals surface area contributed by atoms with Crippen LogP contribution in [0.2, 0.25) is 0 Å². The Morgan fingerprint density at radius 1 is 0.417 bits per heavy atom. The normalized spacial score (nSPS) is 11.3. The molecule has 0 saturated heterocycles. The molecule has 2 heterocycles. The van der Waals surface area contributed by atoms with Gasteiger partial charge in [0.15, 0.2) is 0 Å². The Balaban J connectivity index is 1.29. The van der Waals surface area contributed by atoms with Crippen LogP contribution in [0.3, 0.4) is 0 Å². The summed E-state index contributed by atoms with van der Waals surface area (Å²) >= 11 is 0. The van der Waals surface area contributed by atoms with Crippen LogP contribution in [0.25, 0.3) is 77.2 Å². The molecule has 0 unspecified atom stereocenters. The van der Waals surface area contributed by atoms with Crippen LogP contribution in [0.15, 0.2) is 158 Å². The summed E-state index contributed by atoms with van der Waals surface area (Å²) in [5, 5.41) is 24.4. The summed E-state index contributed by atoms with van der Waals surface area (Å²) in [6, 6.07) is 59.0. The van der Waals surface area contributed by atoms with Crippen molar-refractivity contribution in [3.8, 4) is 45.8 Å². The number of fused-ring (bicyclic) bond motifs is 6. The van der Waals surface area contributed by atoms with Crippen molar-refractivity contribution in [3.63, 3.8) is 0 Å². The maximum absolute atomic E-state index is 10.0. The largest absolute Gasteiger partial charge is 0.309 e. The summed E-state index contributed by atoms with van der Waals surface area (Å²) < 4.78 is 4.57. The smallest absolute Gasteiger partial charge is 0.0998 e. The molecular formula is C44H26N4. The molecule has 0 aliphatic carbocycles. The van der Waals surface area contributed by atoms with Crippen molar-refractivity contribution >= 4 is 43.6 Å². The van der Waals surface area contributed by atoms with E-state index in [0.717, 1.165) is 66.5 Å². The molecule has 0 saturated carbocycles. The Morgan fingerprint density at radius 2 is 1.02 bits per heavy atom. The lowest BCUT2D eigenvalue weighted by atomic mass is 9.92. The highest BCUT2D eigenvalue weighted by molar-refractivity contribution is 6.12. The first-order valence-corrected chi connectivity index (χ1v) is 15.9. The molecule has 0 amide bonds. The van der Waals surface area contributed by atoms with Crippen LogP contribution < -0.4 is 0 Å².